The molecule has 4 aromatic carbocycles. The Morgan fingerprint density at radius 2 is 1.57 bits per heavy atom. The van der Waals surface area contributed by atoms with Gasteiger partial charge in [-0.3, -0.25) is 4.90 Å². The number of sulfone groups is 1. The Hall–Kier alpha value is -3.49. The van der Waals surface area contributed by atoms with Crippen LogP contribution in [0.5, 0.6) is 0 Å². The molecule has 1 atom stereocenters. The van der Waals surface area contributed by atoms with Crippen molar-refractivity contribution >= 4 is 27.4 Å². The Morgan fingerprint density at radius 3 is 2.27 bits per heavy atom. The first-order valence-electron chi connectivity index (χ1n) is 13.1. The molecule has 0 bridgehead atoms. The molecule has 4 rings (SSSR count). The maximum absolute atomic E-state index is 13.3. The highest BCUT2D eigenvalue weighted by Crippen LogP contribution is 2.24. The molecule has 0 saturated heterocycles. The third-order valence-corrected chi connectivity index (χ3v) is 8.52. The molecule has 0 fully saturated rings. The molecule has 0 aromatic heterocycles. The standard InChI is InChI=1S/C32H32ClNO5S/c1-2-39-32(36)26-14-16-29(17-15-26)40(37,38)30-13-6-10-24(20-30)18-19-34(22-25-8-4-3-5-9-25)23-31(35)27-11-7-12-28(33)21-27/h3-17,20-21,31,35H,2,18-19,22-23H2,1H3/t31-/m0/s1. The molecule has 8 heteroatoms. The first-order valence-corrected chi connectivity index (χ1v) is 14.9. The predicted molar refractivity (Wildman–Crippen MR) is 156 cm³/mol. The number of ether oxygens (including phenoxy) is 1. The summed E-state index contributed by atoms with van der Waals surface area (Å²) in [6.45, 7) is 3.58. The van der Waals surface area contributed by atoms with Crippen molar-refractivity contribution < 1.29 is 23.1 Å². The highest BCUT2D eigenvalue weighted by atomic mass is 35.5. The van der Waals surface area contributed by atoms with E-state index >= 15 is 0 Å². The van der Waals surface area contributed by atoms with E-state index in [4.69, 9.17) is 16.3 Å². The molecule has 1 N–H and O–H groups in total. The third-order valence-electron chi connectivity index (χ3n) is 6.51. The number of hydrogen-bond donors (Lipinski definition) is 1. The van der Waals surface area contributed by atoms with Crippen LogP contribution in [0.1, 0.15) is 40.1 Å². The summed E-state index contributed by atoms with van der Waals surface area (Å²) in [6.07, 6.45) is -0.146. The van der Waals surface area contributed by atoms with Crippen molar-refractivity contribution in [2.45, 2.75) is 35.8 Å². The van der Waals surface area contributed by atoms with E-state index in [-0.39, 0.29) is 16.4 Å². The maximum Gasteiger partial charge on any atom is 0.338 e. The van der Waals surface area contributed by atoms with Crippen molar-refractivity contribution in [1.29, 1.82) is 0 Å². The van der Waals surface area contributed by atoms with E-state index in [1.165, 1.54) is 24.3 Å². The smallest absolute Gasteiger partial charge is 0.338 e. The number of aliphatic hydroxyl groups excluding tert-OH is 1. The second-order valence-corrected chi connectivity index (χ2v) is 11.8. The van der Waals surface area contributed by atoms with Crippen LogP contribution in [0.3, 0.4) is 0 Å². The van der Waals surface area contributed by atoms with Gasteiger partial charge in [0.25, 0.3) is 0 Å². The Kier molecular flexibility index (Phi) is 10.1. The number of hydrogen-bond acceptors (Lipinski definition) is 6. The minimum Gasteiger partial charge on any atom is -0.462 e. The molecule has 0 radical (unpaired) electrons. The largest absolute Gasteiger partial charge is 0.462 e. The fourth-order valence-corrected chi connectivity index (χ4v) is 5.95. The minimum atomic E-state index is -3.78. The average Bonchev–Trinajstić information content (AvgIpc) is 2.97. The van der Waals surface area contributed by atoms with E-state index in [1.807, 2.05) is 48.5 Å². The SMILES string of the molecule is CCOC(=O)c1ccc(S(=O)(=O)c2cccc(CCN(Cc3ccccc3)C[C@H](O)c3cccc(Cl)c3)c2)cc1. The zero-order valence-electron chi connectivity index (χ0n) is 22.2. The van der Waals surface area contributed by atoms with E-state index in [0.29, 0.717) is 36.6 Å². The van der Waals surface area contributed by atoms with E-state index in [0.717, 1.165) is 16.7 Å². The zero-order chi connectivity index (χ0) is 28.5. The lowest BCUT2D eigenvalue weighted by Gasteiger charge is -2.26. The second kappa shape index (κ2) is 13.7. The lowest BCUT2D eigenvalue weighted by atomic mass is 10.1. The second-order valence-electron chi connectivity index (χ2n) is 9.44. The van der Waals surface area contributed by atoms with Crippen LogP contribution in [0.4, 0.5) is 0 Å². The summed E-state index contributed by atoms with van der Waals surface area (Å²) in [5, 5.41) is 11.5. The van der Waals surface area contributed by atoms with Crippen molar-refractivity contribution in [3.63, 3.8) is 0 Å². The molecule has 0 aliphatic carbocycles. The van der Waals surface area contributed by atoms with Gasteiger partial charge in [-0.05, 0) is 78.6 Å². The molecule has 0 saturated carbocycles. The molecule has 208 valence electrons. The molecular formula is C32H32ClNO5S. The number of benzene rings is 4. The van der Waals surface area contributed by atoms with Gasteiger partial charge in [-0.25, -0.2) is 13.2 Å². The molecule has 0 amide bonds. The first kappa shape index (κ1) is 29.5. The van der Waals surface area contributed by atoms with E-state index in [1.54, 1.807) is 37.3 Å². The Bertz CT molecular complexity index is 1520. The van der Waals surface area contributed by atoms with Gasteiger partial charge >= 0.3 is 5.97 Å². The van der Waals surface area contributed by atoms with Crippen LogP contribution >= 0.6 is 11.6 Å². The molecule has 0 aliphatic heterocycles. The van der Waals surface area contributed by atoms with Crippen molar-refractivity contribution in [3.8, 4) is 0 Å². The number of carbonyl (C=O) groups excluding carboxylic acids is 1. The number of halogens is 1. The summed E-state index contributed by atoms with van der Waals surface area (Å²) >= 11 is 6.13. The van der Waals surface area contributed by atoms with Crippen molar-refractivity contribution in [2.24, 2.45) is 0 Å². The van der Waals surface area contributed by atoms with Gasteiger partial charge in [0.05, 0.1) is 28.1 Å². The van der Waals surface area contributed by atoms with Crippen LogP contribution in [0.15, 0.2) is 113 Å². The van der Waals surface area contributed by atoms with Crippen molar-refractivity contribution in [1.82, 2.24) is 4.90 Å². The van der Waals surface area contributed by atoms with Crippen molar-refractivity contribution in [2.75, 3.05) is 19.7 Å². The predicted octanol–water partition coefficient (Wildman–Crippen LogP) is 6.13. The molecule has 0 aliphatic rings. The van der Waals surface area contributed by atoms with Gasteiger partial charge in [0.2, 0.25) is 9.84 Å². The summed E-state index contributed by atoms with van der Waals surface area (Å²) in [4.78, 5) is 14.4. The van der Waals surface area contributed by atoms with Gasteiger partial charge in [0.15, 0.2) is 0 Å². The van der Waals surface area contributed by atoms with Crippen molar-refractivity contribution in [3.05, 3.63) is 130 Å². The van der Waals surface area contributed by atoms with Gasteiger partial charge in [0.1, 0.15) is 0 Å². The lowest BCUT2D eigenvalue weighted by molar-refractivity contribution is 0.0526. The number of carbonyl (C=O) groups is 1. The van der Waals surface area contributed by atoms with Crippen LogP contribution in [-0.4, -0.2) is 44.1 Å². The number of rotatable bonds is 12. The van der Waals surface area contributed by atoms with Crippen LogP contribution in [-0.2, 0) is 27.5 Å². The molecule has 0 unspecified atom stereocenters. The van der Waals surface area contributed by atoms with Gasteiger partial charge in [-0.2, -0.15) is 0 Å². The third kappa shape index (κ3) is 7.79. The fourth-order valence-electron chi connectivity index (χ4n) is 4.42. The average molecular weight is 578 g/mol. The summed E-state index contributed by atoms with van der Waals surface area (Å²) in [5.74, 6) is -0.492. The number of nitrogens with zero attached hydrogens (tertiary/aromatic N) is 1. The minimum absolute atomic E-state index is 0.105. The number of esters is 1. The molecule has 6 nitrogen and oxygen atoms in total. The molecule has 0 heterocycles. The van der Waals surface area contributed by atoms with Gasteiger partial charge < -0.3 is 9.84 Å². The Balaban J connectivity index is 1.49. The van der Waals surface area contributed by atoms with E-state index < -0.39 is 21.9 Å². The molecule has 40 heavy (non-hydrogen) atoms. The van der Waals surface area contributed by atoms with Crippen LogP contribution < -0.4 is 0 Å². The van der Waals surface area contributed by atoms with E-state index in [9.17, 15) is 18.3 Å². The Morgan fingerprint density at radius 1 is 0.875 bits per heavy atom. The topological polar surface area (TPSA) is 83.9 Å². The molecular weight excluding hydrogens is 546 g/mol. The summed E-state index contributed by atoms with van der Waals surface area (Å²) in [7, 11) is -3.78. The van der Waals surface area contributed by atoms with Crippen LogP contribution in [0, 0.1) is 0 Å². The zero-order valence-corrected chi connectivity index (χ0v) is 23.8. The fraction of sp³-hybridized carbons (Fsp3) is 0.219. The normalized spacial score (nSPS) is 12.3. The van der Waals surface area contributed by atoms with Gasteiger partial charge in [0, 0.05) is 24.7 Å². The van der Waals surface area contributed by atoms with Gasteiger partial charge in [-0.15, -0.1) is 0 Å². The molecule has 0 spiro atoms. The summed E-state index contributed by atoms with van der Waals surface area (Å²) in [6, 6.07) is 29.9. The summed E-state index contributed by atoms with van der Waals surface area (Å²) in [5.41, 5.74) is 3.02. The lowest BCUT2D eigenvalue weighted by Crippen LogP contribution is -2.30. The van der Waals surface area contributed by atoms with E-state index in [2.05, 4.69) is 4.90 Å². The highest BCUT2D eigenvalue weighted by Gasteiger charge is 2.20. The van der Waals surface area contributed by atoms with Crippen LogP contribution in [0.2, 0.25) is 5.02 Å². The van der Waals surface area contributed by atoms with Crippen LogP contribution in [0.25, 0.3) is 0 Å². The highest BCUT2D eigenvalue weighted by molar-refractivity contribution is 7.91. The van der Waals surface area contributed by atoms with Gasteiger partial charge in [-0.1, -0.05) is 66.2 Å². The number of aliphatic hydroxyl groups is 1. The Labute approximate surface area is 240 Å². The quantitative estimate of drug-likeness (QED) is 0.204. The monoisotopic (exact) mass is 577 g/mol. The summed E-state index contributed by atoms with van der Waals surface area (Å²) < 4.78 is 31.6. The first-order chi connectivity index (χ1) is 19.3. The molecule has 4 aromatic rings. The maximum atomic E-state index is 13.3.